The molecule has 4 atom stereocenters. The minimum absolute atomic E-state index is 0.00125. The maximum Gasteiger partial charge on any atom is 0.407 e. The highest BCUT2D eigenvalue weighted by Crippen LogP contribution is 2.44. The van der Waals surface area contributed by atoms with Gasteiger partial charge in [-0.15, -0.1) is 0 Å². The highest BCUT2D eigenvalue weighted by atomic mass is 16.5. The van der Waals surface area contributed by atoms with Crippen molar-refractivity contribution < 1.29 is 24.2 Å². The highest BCUT2D eigenvalue weighted by Gasteiger charge is 2.44. The first-order valence-electron chi connectivity index (χ1n) is 12.6. The van der Waals surface area contributed by atoms with Crippen molar-refractivity contribution in [2.24, 2.45) is 17.8 Å². The van der Waals surface area contributed by atoms with Gasteiger partial charge in [0, 0.05) is 24.4 Å². The Kier molecular flexibility index (Phi) is 6.75. The number of nitrogens with one attached hydrogen (secondary N) is 2. The Morgan fingerprint density at radius 1 is 0.914 bits per heavy atom. The molecule has 0 unspecified atom stereocenters. The van der Waals surface area contributed by atoms with E-state index >= 15 is 0 Å². The van der Waals surface area contributed by atoms with E-state index in [1.165, 1.54) is 22.3 Å². The first-order valence-corrected chi connectivity index (χ1v) is 12.6. The van der Waals surface area contributed by atoms with Crippen molar-refractivity contribution in [1.82, 2.24) is 10.6 Å². The maximum atomic E-state index is 12.7. The molecule has 7 nitrogen and oxygen atoms in total. The van der Waals surface area contributed by atoms with Gasteiger partial charge in [0.25, 0.3) is 0 Å². The van der Waals surface area contributed by atoms with Gasteiger partial charge < -0.3 is 20.5 Å². The monoisotopic (exact) mass is 476 g/mol. The Bertz CT molecular complexity index is 1070. The van der Waals surface area contributed by atoms with Gasteiger partial charge in [-0.25, -0.2) is 4.79 Å². The molecule has 184 valence electrons. The molecule has 0 bridgehead atoms. The zero-order valence-corrected chi connectivity index (χ0v) is 19.7. The van der Waals surface area contributed by atoms with E-state index in [0.717, 1.165) is 32.1 Å². The fourth-order valence-electron chi connectivity index (χ4n) is 5.81. The third kappa shape index (κ3) is 5.19. The first kappa shape index (κ1) is 23.4. The smallest absolute Gasteiger partial charge is 0.407 e. The molecule has 0 aliphatic heterocycles. The number of benzene rings is 2. The Morgan fingerprint density at radius 3 is 2.26 bits per heavy atom. The van der Waals surface area contributed by atoms with E-state index in [0.29, 0.717) is 6.54 Å². The van der Waals surface area contributed by atoms with E-state index in [1.807, 2.05) is 24.3 Å². The van der Waals surface area contributed by atoms with Crippen molar-refractivity contribution in [3.63, 3.8) is 0 Å². The lowest BCUT2D eigenvalue weighted by Crippen LogP contribution is -2.44. The molecule has 0 aromatic heterocycles. The highest BCUT2D eigenvalue weighted by molar-refractivity contribution is 5.82. The van der Waals surface area contributed by atoms with Crippen LogP contribution in [-0.4, -0.2) is 42.3 Å². The van der Waals surface area contributed by atoms with Crippen LogP contribution in [0, 0.1) is 17.8 Å². The summed E-state index contributed by atoms with van der Waals surface area (Å²) in [6.07, 6.45) is 4.06. The summed E-state index contributed by atoms with van der Waals surface area (Å²) in [4.78, 5) is 36.2. The largest absolute Gasteiger partial charge is 0.481 e. The number of alkyl carbamates (subject to hydrolysis) is 1. The van der Waals surface area contributed by atoms with Crippen molar-refractivity contribution >= 4 is 18.0 Å². The van der Waals surface area contributed by atoms with E-state index < -0.39 is 12.1 Å². The summed E-state index contributed by atoms with van der Waals surface area (Å²) in [6, 6.07) is 16.4. The number of fused-ring (bicyclic) bond motifs is 3. The van der Waals surface area contributed by atoms with E-state index in [2.05, 4.69) is 34.9 Å². The van der Waals surface area contributed by atoms with Crippen LogP contribution in [-0.2, 0) is 14.3 Å². The molecule has 35 heavy (non-hydrogen) atoms. The summed E-state index contributed by atoms with van der Waals surface area (Å²) in [5, 5.41) is 15.1. The molecule has 7 heteroatoms. The van der Waals surface area contributed by atoms with Crippen LogP contribution in [0.2, 0.25) is 0 Å². The predicted molar refractivity (Wildman–Crippen MR) is 131 cm³/mol. The van der Waals surface area contributed by atoms with Crippen molar-refractivity contribution in [3.8, 4) is 11.1 Å². The number of hydrogen-bond donors (Lipinski definition) is 3. The van der Waals surface area contributed by atoms with Crippen molar-refractivity contribution in [2.75, 3.05) is 13.2 Å². The summed E-state index contributed by atoms with van der Waals surface area (Å²) in [6.45, 7) is 0.666. The van der Waals surface area contributed by atoms with Gasteiger partial charge in [-0.1, -0.05) is 61.4 Å². The quantitative estimate of drug-likeness (QED) is 0.527. The number of amides is 2. The second-order valence-electron chi connectivity index (χ2n) is 10.1. The minimum Gasteiger partial charge on any atom is -0.481 e. The normalized spacial score (nSPS) is 24.7. The van der Waals surface area contributed by atoms with Gasteiger partial charge >= 0.3 is 12.1 Å². The molecule has 0 heterocycles. The van der Waals surface area contributed by atoms with Gasteiger partial charge in [0.05, 0.1) is 6.42 Å². The molecule has 0 saturated heterocycles. The van der Waals surface area contributed by atoms with Crippen molar-refractivity contribution in [2.45, 2.75) is 50.5 Å². The fourth-order valence-corrected chi connectivity index (χ4v) is 5.81. The molecule has 5 rings (SSSR count). The summed E-state index contributed by atoms with van der Waals surface area (Å²) in [5.74, 6) is -0.851. The van der Waals surface area contributed by atoms with Gasteiger partial charge in [-0.3, -0.25) is 9.59 Å². The van der Waals surface area contributed by atoms with Crippen LogP contribution < -0.4 is 10.6 Å². The molecule has 3 aliphatic carbocycles. The Hall–Kier alpha value is -3.35. The predicted octanol–water partition coefficient (Wildman–Crippen LogP) is 4.31. The summed E-state index contributed by atoms with van der Waals surface area (Å²) in [5.41, 5.74) is 4.72. The SMILES string of the molecule is O=C(O)C[C@H]1CCCC[C@H]1NC(=O)[C@H]1C[C@H]1CNC(=O)OCC1c2ccccc2-c2ccccc21. The van der Waals surface area contributed by atoms with Crippen LogP contribution in [0.4, 0.5) is 4.79 Å². The Morgan fingerprint density at radius 2 is 1.57 bits per heavy atom. The van der Waals surface area contributed by atoms with Crippen molar-refractivity contribution in [3.05, 3.63) is 59.7 Å². The lowest BCUT2D eigenvalue weighted by Gasteiger charge is -2.31. The molecule has 2 fully saturated rings. The number of rotatable bonds is 8. The van der Waals surface area contributed by atoms with Crippen LogP contribution in [0.5, 0.6) is 0 Å². The lowest BCUT2D eigenvalue weighted by molar-refractivity contribution is -0.139. The number of carboxylic acids is 1. The van der Waals surface area contributed by atoms with Gasteiger partial charge in [-0.2, -0.15) is 0 Å². The fraction of sp³-hybridized carbons (Fsp3) is 0.464. The van der Waals surface area contributed by atoms with E-state index in [1.54, 1.807) is 0 Å². The third-order valence-electron chi connectivity index (χ3n) is 7.79. The molecule has 2 aromatic rings. The average molecular weight is 477 g/mol. The molecule has 2 amide bonds. The number of carboxylic acid groups (broad SMARTS) is 1. The van der Waals surface area contributed by atoms with Crippen LogP contribution in [0.25, 0.3) is 11.1 Å². The topological polar surface area (TPSA) is 105 Å². The molecule has 2 saturated carbocycles. The Balaban J connectivity index is 1.08. The molecular formula is C28H32N2O5. The maximum absolute atomic E-state index is 12.7. The number of hydrogen-bond acceptors (Lipinski definition) is 4. The zero-order valence-electron chi connectivity index (χ0n) is 19.7. The molecule has 2 aromatic carbocycles. The molecule has 0 spiro atoms. The van der Waals surface area contributed by atoms with Crippen LogP contribution in [0.3, 0.4) is 0 Å². The standard InChI is InChI=1S/C28H32N2O5/c31-26(32)14-17-7-1-6-12-25(17)30-27(33)23-13-18(23)15-29-28(34)35-16-24-21-10-4-2-8-19(21)20-9-3-5-11-22(20)24/h2-5,8-11,17-18,23-25H,1,6-7,12-16H2,(H,29,34)(H,30,33)(H,31,32)/t17-,18+,23+,25-/m1/s1. The minimum atomic E-state index is -0.812. The first-order chi connectivity index (χ1) is 17.0. The number of carbonyl (C=O) groups is 3. The van der Waals surface area contributed by atoms with Gasteiger partial charge in [-0.05, 0) is 53.4 Å². The van der Waals surface area contributed by atoms with Crippen molar-refractivity contribution in [1.29, 1.82) is 0 Å². The summed E-state index contributed by atoms with van der Waals surface area (Å²) < 4.78 is 5.58. The average Bonchev–Trinajstić information content (AvgIpc) is 3.57. The summed E-state index contributed by atoms with van der Waals surface area (Å²) in [7, 11) is 0. The van der Waals surface area contributed by atoms with Gasteiger partial charge in [0.2, 0.25) is 5.91 Å². The number of carbonyl (C=O) groups excluding carboxylic acids is 2. The van der Waals surface area contributed by atoms with E-state index in [-0.39, 0.29) is 48.6 Å². The zero-order chi connectivity index (χ0) is 24.4. The molecule has 3 aliphatic rings. The molecular weight excluding hydrogens is 444 g/mol. The van der Waals surface area contributed by atoms with Gasteiger partial charge in [0.1, 0.15) is 6.61 Å². The second-order valence-corrected chi connectivity index (χ2v) is 10.1. The number of ether oxygens (including phenoxy) is 1. The third-order valence-corrected chi connectivity index (χ3v) is 7.79. The Labute approximate surface area is 205 Å². The molecule has 0 radical (unpaired) electrons. The van der Waals surface area contributed by atoms with Gasteiger partial charge in [0.15, 0.2) is 0 Å². The van der Waals surface area contributed by atoms with Crippen LogP contribution >= 0.6 is 0 Å². The van der Waals surface area contributed by atoms with Crippen LogP contribution in [0.15, 0.2) is 48.5 Å². The molecule has 3 N–H and O–H groups in total. The lowest BCUT2D eigenvalue weighted by atomic mass is 9.82. The van der Waals surface area contributed by atoms with Crippen LogP contribution in [0.1, 0.15) is 55.6 Å². The second kappa shape index (κ2) is 10.1. The van der Waals surface area contributed by atoms with E-state index in [4.69, 9.17) is 9.84 Å². The summed E-state index contributed by atoms with van der Waals surface area (Å²) >= 11 is 0. The van der Waals surface area contributed by atoms with E-state index in [9.17, 15) is 14.4 Å². The number of aliphatic carboxylic acids is 1.